The van der Waals surface area contributed by atoms with E-state index in [0.29, 0.717) is 0 Å². The predicted molar refractivity (Wildman–Crippen MR) is 34.2 cm³/mol. The molecule has 1 rings (SSSR count). The molecule has 3 amide bonds. The smallest absolute Gasteiger partial charge is 0.320 e. The summed E-state index contributed by atoms with van der Waals surface area (Å²) in [6.45, 7) is 0. The van der Waals surface area contributed by atoms with E-state index in [-0.39, 0.29) is 0 Å². The molecule has 0 saturated carbocycles. The van der Waals surface area contributed by atoms with E-state index in [2.05, 4.69) is 10.5 Å². The fourth-order valence-electron chi connectivity index (χ4n) is 0.729. The summed E-state index contributed by atoms with van der Waals surface area (Å²) in [6.07, 6.45) is -1.02. The van der Waals surface area contributed by atoms with Gasteiger partial charge >= 0.3 is 6.03 Å². The molecule has 7 nitrogen and oxygen atoms in total. The summed E-state index contributed by atoms with van der Waals surface area (Å²) < 4.78 is 0. The Morgan fingerprint density at radius 1 is 1.45 bits per heavy atom. The second-order valence-corrected chi connectivity index (χ2v) is 2.04. The second-order valence-electron chi connectivity index (χ2n) is 2.04. The topological polar surface area (TPSA) is 114 Å². The Labute approximate surface area is 61.3 Å². The minimum atomic E-state index is -1.23. The number of nitrogens with zero attached hydrogens (tertiary/aromatic N) is 1. The van der Waals surface area contributed by atoms with Crippen molar-refractivity contribution < 1.29 is 9.59 Å². The van der Waals surface area contributed by atoms with Crippen LogP contribution in [0, 0.1) is 4.91 Å². The number of nitrogens with one attached hydrogen (secondary N) is 2. The van der Waals surface area contributed by atoms with Crippen molar-refractivity contribution in [1.82, 2.24) is 10.6 Å². The molecule has 1 heterocycles. The zero-order valence-electron chi connectivity index (χ0n) is 5.40. The largest absolute Gasteiger partial charge is 0.322 e. The number of imide groups is 1. The molecule has 0 aliphatic carbocycles. The first kappa shape index (κ1) is 7.61. The van der Waals surface area contributed by atoms with Gasteiger partial charge in [0.05, 0.1) is 0 Å². The van der Waals surface area contributed by atoms with Crippen molar-refractivity contribution in [2.24, 2.45) is 10.9 Å². The first-order valence-corrected chi connectivity index (χ1v) is 2.84. The summed E-state index contributed by atoms with van der Waals surface area (Å²) in [5.41, 5.74) is 5.18. The molecule has 11 heavy (non-hydrogen) atoms. The van der Waals surface area contributed by atoms with Gasteiger partial charge in [0, 0.05) is 0 Å². The molecule has 1 aliphatic heterocycles. The Morgan fingerprint density at radius 3 is 2.55 bits per heavy atom. The number of hydrogen-bond donors (Lipinski definition) is 3. The maximum atomic E-state index is 10.7. The maximum Gasteiger partial charge on any atom is 0.322 e. The van der Waals surface area contributed by atoms with E-state index in [9.17, 15) is 14.5 Å². The standard InChI is InChI=1S/C4H6N4O3/c5-2-1(8-11)3(9)7-4(10)6-2/h1-2H,5H2,(H2,6,7,9,10). The molecule has 1 aliphatic rings. The van der Waals surface area contributed by atoms with Crippen molar-refractivity contribution in [3.8, 4) is 0 Å². The van der Waals surface area contributed by atoms with Crippen LogP contribution in [0.4, 0.5) is 4.79 Å². The molecule has 4 N–H and O–H groups in total. The molecule has 60 valence electrons. The van der Waals surface area contributed by atoms with Crippen molar-refractivity contribution in [3.05, 3.63) is 4.91 Å². The van der Waals surface area contributed by atoms with Crippen LogP contribution in [0.15, 0.2) is 5.18 Å². The van der Waals surface area contributed by atoms with Crippen LogP contribution in [-0.4, -0.2) is 24.1 Å². The van der Waals surface area contributed by atoms with Crippen molar-refractivity contribution in [1.29, 1.82) is 0 Å². The van der Waals surface area contributed by atoms with Crippen LogP contribution in [0.5, 0.6) is 0 Å². The summed E-state index contributed by atoms with van der Waals surface area (Å²) in [5.74, 6) is -0.767. The van der Waals surface area contributed by atoms with Gasteiger partial charge in [-0.3, -0.25) is 10.1 Å². The number of rotatable bonds is 1. The molecule has 0 bridgehead atoms. The van der Waals surface area contributed by atoms with Crippen molar-refractivity contribution >= 4 is 11.9 Å². The van der Waals surface area contributed by atoms with Crippen LogP contribution in [0.2, 0.25) is 0 Å². The third kappa shape index (κ3) is 1.32. The number of nitrogens with two attached hydrogens (primary N) is 1. The quantitative estimate of drug-likeness (QED) is 0.392. The fourth-order valence-corrected chi connectivity index (χ4v) is 0.729. The van der Waals surface area contributed by atoms with E-state index in [1.807, 2.05) is 5.32 Å². The van der Waals surface area contributed by atoms with E-state index >= 15 is 0 Å². The SMILES string of the molecule is NC1NC(=O)NC(=O)C1N=O. The van der Waals surface area contributed by atoms with Gasteiger partial charge in [0.25, 0.3) is 5.91 Å². The minimum absolute atomic E-state index is 0.706. The molecule has 0 aromatic rings. The molecular formula is C4H6N4O3. The highest BCUT2D eigenvalue weighted by Crippen LogP contribution is 1.98. The van der Waals surface area contributed by atoms with Gasteiger partial charge in [-0.2, -0.15) is 0 Å². The van der Waals surface area contributed by atoms with Gasteiger partial charge in [0.1, 0.15) is 6.17 Å². The van der Waals surface area contributed by atoms with Crippen molar-refractivity contribution in [2.75, 3.05) is 0 Å². The average Bonchev–Trinajstić information content (AvgIpc) is 1.85. The van der Waals surface area contributed by atoms with E-state index in [0.717, 1.165) is 0 Å². The fraction of sp³-hybridized carbons (Fsp3) is 0.500. The molecule has 1 saturated heterocycles. The summed E-state index contributed by atoms with van der Waals surface area (Å²) in [6, 6.07) is -1.94. The molecule has 0 aromatic heterocycles. The maximum absolute atomic E-state index is 10.7. The van der Waals surface area contributed by atoms with Gasteiger partial charge < -0.3 is 11.1 Å². The normalized spacial score (nSPS) is 30.6. The Bertz CT molecular complexity index is 215. The molecule has 0 spiro atoms. The zero-order valence-corrected chi connectivity index (χ0v) is 5.40. The predicted octanol–water partition coefficient (Wildman–Crippen LogP) is -1.75. The molecule has 2 atom stereocenters. The van der Waals surface area contributed by atoms with Gasteiger partial charge in [-0.15, -0.1) is 4.91 Å². The monoisotopic (exact) mass is 158 g/mol. The number of carbonyl (C=O) groups is 2. The lowest BCUT2D eigenvalue weighted by molar-refractivity contribution is -0.122. The summed E-state index contributed by atoms with van der Waals surface area (Å²) in [4.78, 5) is 31.1. The lowest BCUT2D eigenvalue weighted by atomic mass is 10.2. The average molecular weight is 158 g/mol. The molecular weight excluding hydrogens is 152 g/mol. The van der Waals surface area contributed by atoms with E-state index < -0.39 is 24.1 Å². The number of amides is 3. The van der Waals surface area contributed by atoms with Crippen LogP contribution < -0.4 is 16.4 Å². The Balaban J connectivity index is 2.74. The number of nitroso groups, excluding NO2 is 1. The number of urea groups is 1. The van der Waals surface area contributed by atoms with Crippen LogP contribution in [0.1, 0.15) is 0 Å². The highest BCUT2D eigenvalue weighted by atomic mass is 16.3. The Morgan fingerprint density at radius 2 is 2.09 bits per heavy atom. The van der Waals surface area contributed by atoms with Gasteiger partial charge in [-0.05, 0) is 0 Å². The molecule has 2 unspecified atom stereocenters. The van der Waals surface area contributed by atoms with Crippen LogP contribution in [-0.2, 0) is 4.79 Å². The highest BCUT2D eigenvalue weighted by molar-refractivity contribution is 6.00. The van der Waals surface area contributed by atoms with Gasteiger partial charge in [0.2, 0.25) is 6.04 Å². The summed E-state index contributed by atoms with van der Waals surface area (Å²) >= 11 is 0. The molecule has 7 heteroatoms. The second kappa shape index (κ2) is 2.62. The van der Waals surface area contributed by atoms with Gasteiger partial charge in [-0.1, -0.05) is 5.18 Å². The third-order valence-corrected chi connectivity index (χ3v) is 1.26. The lowest BCUT2D eigenvalue weighted by Crippen LogP contribution is -2.63. The Kier molecular flexibility index (Phi) is 1.81. The highest BCUT2D eigenvalue weighted by Gasteiger charge is 2.33. The minimum Gasteiger partial charge on any atom is -0.320 e. The van der Waals surface area contributed by atoms with Gasteiger partial charge in [-0.25, -0.2) is 4.79 Å². The third-order valence-electron chi connectivity index (χ3n) is 1.26. The summed E-state index contributed by atoms with van der Waals surface area (Å²) in [7, 11) is 0. The Hall–Kier alpha value is -1.50. The van der Waals surface area contributed by atoms with Crippen molar-refractivity contribution in [3.63, 3.8) is 0 Å². The van der Waals surface area contributed by atoms with E-state index in [1.54, 1.807) is 0 Å². The van der Waals surface area contributed by atoms with Crippen LogP contribution >= 0.6 is 0 Å². The summed E-state index contributed by atoms with van der Waals surface area (Å²) in [5, 5.41) is 6.41. The lowest BCUT2D eigenvalue weighted by Gasteiger charge is -2.22. The first-order valence-electron chi connectivity index (χ1n) is 2.84. The number of carbonyl (C=O) groups excluding carboxylic acids is 2. The van der Waals surface area contributed by atoms with Crippen molar-refractivity contribution in [2.45, 2.75) is 12.2 Å². The first-order chi connectivity index (χ1) is 5.15. The molecule has 0 aromatic carbocycles. The van der Waals surface area contributed by atoms with Gasteiger partial charge in [0.15, 0.2) is 0 Å². The van der Waals surface area contributed by atoms with E-state index in [4.69, 9.17) is 5.73 Å². The zero-order chi connectivity index (χ0) is 8.43. The van der Waals surface area contributed by atoms with Crippen LogP contribution in [0.3, 0.4) is 0 Å². The van der Waals surface area contributed by atoms with E-state index in [1.165, 1.54) is 0 Å². The molecule has 1 fully saturated rings. The molecule has 0 radical (unpaired) electrons. The van der Waals surface area contributed by atoms with Crippen LogP contribution in [0.25, 0.3) is 0 Å². The number of hydrogen-bond acceptors (Lipinski definition) is 5.